The van der Waals surface area contributed by atoms with E-state index in [1.807, 2.05) is 18.2 Å². The van der Waals surface area contributed by atoms with Gasteiger partial charge in [0.1, 0.15) is 12.4 Å². The van der Waals surface area contributed by atoms with E-state index in [0.717, 1.165) is 23.3 Å². The first-order valence-corrected chi connectivity index (χ1v) is 8.90. The zero-order valence-corrected chi connectivity index (χ0v) is 16.8. The number of halogens is 2. The molecule has 1 unspecified atom stereocenters. The molecule has 6 heteroatoms. The number of pyridine rings is 1. The molecule has 0 spiro atoms. The minimum atomic E-state index is 0. The molecule has 1 aliphatic rings. The van der Waals surface area contributed by atoms with Crippen molar-refractivity contribution in [2.24, 2.45) is 0 Å². The highest BCUT2D eigenvalue weighted by Gasteiger charge is 2.30. The molecule has 28 heavy (non-hydrogen) atoms. The van der Waals surface area contributed by atoms with Gasteiger partial charge in [0.2, 0.25) is 0 Å². The van der Waals surface area contributed by atoms with E-state index in [1.165, 1.54) is 16.6 Å². The Kier molecular flexibility index (Phi) is 6.35. The molecule has 2 heterocycles. The Hall–Kier alpha value is -2.40. The number of hydrogen-bond donors (Lipinski definition) is 0. The van der Waals surface area contributed by atoms with Crippen LogP contribution < -0.4 is 0 Å². The molecule has 0 radical (unpaired) electrons. The Morgan fingerprint density at radius 3 is 2.46 bits per heavy atom. The van der Waals surface area contributed by atoms with Gasteiger partial charge in [-0.3, -0.25) is 4.98 Å². The molecule has 0 fully saturated rings. The third kappa shape index (κ3) is 3.63. The number of benzene rings is 2. The number of ether oxygens (including phenoxy) is 1. The molecule has 0 bridgehead atoms. The van der Waals surface area contributed by atoms with Crippen LogP contribution in [0.4, 0.5) is 0 Å². The molecule has 1 atom stereocenters. The first kappa shape index (κ1) is 20.3. The van der Waals surface area contributed by atoms with Gasteiger partial charge in [-0.15, -0.1) is 24.8 Å². The normalized spacial score (nSPS) is 14.5. The Bertz CT molecular complexity index is 1070. The summed E-state index contributed by atoms with van der Waals surface area (Å²) in [6, 6.07) is 21.3. The van der Waals surface area contributed by atoms with Gasteiger partial charge in [0.25, 0.3) is 0 Å². The zero-order chi connectivity index (χ0) is 17.3. The fourth-order valence-electron chi connectivity index (χ4n) is 3.75. The van der Waals surface area contributed by atoms with Crippen LogP contribution in [-0.2, 0) is 24.4 Å². The van der Waals surface area contributed by atoms with E-state index in [9.17, 15) is 0 Å². The Morgan fingerprint density at radius 1 is 0.893 bits per heavy atom. The Labute approximate surface area is 176 Å². The number of nitrogens with zero attached hydrogens (tertiary/aromatic N) is 3. The van der Waals surface area contributed by atoms with Gasteiger partial charge in [-0.05, 0) is 47.4 Å². The van der Waals surface area contributed by atoms with E-state index in [-0.39, 0.29) is 24.8 Å². The maximum atomic E-state index is 5.97. The molecule has 0 N–H and O–H groups in total. The lowest BCUT2D eigenvalue weighted by Crippen LogP contribution is -2.25. The number of para-hydroxylation sites is 2. The van der Waals surface area contributed by atoms with Crippen LogP contribution in [-0.4, -0.2) is 14.5 Å². The van der Waals surface area contributed by atoms with Crippen LogP contribution in [0.25, 0.3) is 11.0 Å². The molecular weight excluding hydrogens is 393 g/mol. The second-order valence-corrected chi connectivity index (χ2v) is 6.65. The van der Waals surface area contributed by atoms with Crippen molar-refractivity contribution in [3.8, 4) is 0 Å². The molecular formula is C22H21Cl2N3O. The highest BCUT2D eigenvalue weighted by atomic mass is 35.5. The van der Waals surface area contributed by atoms with Crippen LogP contribution in [0.1, 0.15) is 28.6 Å². The molecule has 144 valence electrons. The average molecular weight is 414 g/mol. The monoisotopic (exact) mass is 413 g/mol. The summed E-state index contributed by atoms with van der Waals surface area (Å²) in [4.78, 5) is 8.89. The molecule has 4 nitrogen and oxygen atoms in total. The van der Waals surface area contributed by atoms with Crippen LogP contribution >= 0.6 is 24.8 Å². The zero-order valence-electron chi connectivity index (χ0n) is 15.2. The van der Waals surface area contributed by atoms with Crippen molar-refractivity contribution in [2.45, 2.75) is 25.7 Å². The SMILES string of the molecule is Cl.Cl.c1ccc2c(c1)CC2n1c(COCc2ccncc2)nc2ccccc21. The van der Waals surface area contributed by atoms with Crippen LogP contribution in [0, 0.1) is 0 Å². The predicted molar refractivity (Wildman–Crippen MR) is 115 cm³/mol. The molecule has 2 aromatic heterocycles. The highest BCUT2D eigenvalue weighted by Crippen LogP contribution is 2.39. The minimum absolute atomic E-state index is 0. The van der Waals surface area contributed by atoms with Crippen LogP contribution in [0.3, 0.4) is 0 Å². The maximum Gasteiger partial charge on any atom is 0.136 e. The average Bonchev–Trinajstić information content (AvgIpc) is 3.02. The Morgan fingerprint density at radius 2 is 1.64 bits per heavy atom. The fraction of sp³-hybridized carbons (Fsp3) is 0.182. The summed E-state index contributed by atoms with van der Waals surface area (Å²) < 4.78 is 8.32. The van der Waals surface area contributed by atoms with Gasteiger partial charge in [0, 0.05) is 12.4 Å². The second-order valence-electron chi connectivity index (χ2n) is 6.65. The van der Waals surface area contributed by atoms with Gasteiger partial charge in [-0.25, -0.2) is 4.98 Å². The molecule has 4 aromatic rings. The van der Waals surface area contributed by atoms with E-state index >= 15 is 0 Å². The van der Waals surface area contributed by atoms with Crippen LogP contribution in [0.5, 0.6) is 0 Å². The van der Waals surface area contributed by atoms with Crippen molar-refractivity contribution >= 4 is 35.8 Å². The van der Waals surface area contributed by atoms with Crippen molar-refractivity contribution in [2.75, 3.05) is 0 Å². The smallest absolute Gasteiger partial charge is 0.136 e. The molecule has 0 saturated heterocycles. The summed E-state index contributed by atoms with van der Waals surface area (Å²) in [7, 11) is 0. The van der Waals surface area contributed by atoms with Crippen LogP contribution in [0.15, 0.2) is 73.1 Å². The lowest BCUT2D eigenvalue weighted by Gasteiger charge is -2.32. The quantitative estimate of drug-likeness (QED) is 0.454. The third-order valence-electron chi connectivity index (χ3n) is 5.06. The van der Waals surface area contributed by atoms with Gasteiger partial charge in [-0.2, -0.15) is 0 Å². The number of fused-ring (bicyclic) bond motifs is 2. The van der Waals surface area contributed by atoms with E-state index in [1.54, 1.807) is 12.4 Å². The summed E-state index contributed by atoms with van der Waals surface area (Å²) in [6.07, 6.45) is 4.63. The lowest BCUT2D eigenvalue weighted by atomic mass is 9.83. The van der Waals surface area contributed by atoms with Gasteiger partial charge in [0.05, 0.1) is 23.7 Å². The Balaban J connectivity index is 0.00000112. The van der Waals surface area contributed by atoms with Crippen molar-refractivity contribution in [3.63, 3.8) is 0 Å². The molecule has 5 rings (SSSR count). The van der Waals surface area contributed by atoms with Gasteiger partial charge < -0.3 is 9.30 Å². The fourth-order valence-corrected chi connectivity index (χ4v) is 3.75. The first-order valence-electron chi connectivity index (χ1n) is 8.90. The number of aromatic nitrogens is 3. The topological polar surface area (TPSA) is 39.9 Å². The third-order valence-corrected chi connectivity index (χ3v) is 5.06. The second kappa shape index (κ2) is 8.74. The molecule has 1 aliphatic carbocycles. The van der Waals surface area contributed by atoms with Crippen molar-refractivity contribution in [1.82, 2.24) is 14.5 Å². The van der Waals surface area contributed by atoms with Gasteiger partial charge in [0.15, 0.2) is 0 Å². The molecule has 0 aliphatic heterocycles. The lowest BCUT2D eigenvalue weighted by molar-refractivity contribution is 0.0986. The van der Waals surface area contributed by atoms with Gasteiger partial charge in [-0.1, -0.05) is 36.4 Å². The van der Waals surface area contributed by atoms with Crippen molar-refractivity contribution < 1.29 is 4.74 Å². The summed E-state index contributed by atoms with van der Waals surface area (Å²) in [5, 5.41) is 0. The maximum absolute atomic E-state index is 5.97. The summed E-state index contributed by atoms with van der Waals surface area (Å²) >= 11 is 0. The number of rotatable bonds is 5. The number of hydrogen-bond acceptors (Lipinski definition) is 3. The van der Waals surface area contributed by atoms with E-state index < -0.39 is 0 Å². The highest BCUT2D eigenvalue weighted by molar-refractivity contribution is 5.85. The van der Waals surface area contributed by atoms with Crippen molar-refractivity contribution in [1.29, 1.82) is 0 Å². The summed E-state index contributed by atoms with van der Waals surface area (Å²) in [5.41, 5.74) is 6.15. The largest absolute Gasteiger partial charge is 0.369 e. The molecule has 2 aromatic carbocycles. The summed E-state index contributed by atoms with van der Waals surface area (Å²) in [6.45, 7) is 1.06. The van der Waals surface area contributed by atoms with Gasteiger partial charge >= 0.3 is 0 Å². The van der Waals surface area contributed by atoms with E-state index in [0.29, 0.717) is 19.3 Å². The predicted octanol–water partition coefficient (Wildman–Crippen LogP) is 5.14. The van der Waals surface area contributed by atoms with E-state index in [4.69, 9.17) is 9.72 Å². The summed E-state index contributed by atoms with van der Waals surface area (Å²) in [5.74, 6) is 0.986. The number of imidazole rings is 1. The first-order chi connectivity index (χ1) is 12.9. The van der Waals surface area contributed by atoms with Crippen molar-refractivity contribution in [3.05, 3.63) is 95.6 Å². The molecule has 0 saturated carbocycles. The standard InChI is InChI=1S/C22H19N3O.2ClH/c1-2-6-18-17(5-1)13-21(18)25-20-8-4-3-7-19(20)24-22(25)15-26-14-16-9-11-23-12-10-16;;/h1-12,21H,13-15H2;2*1H. The minimum Gasteiger partial charge on any atom is -0.369 e. The van der Waals surface area contributed by atoms with E-state index in [2.05, 4.69) is 52.0 Å². The molecule has 0 amide bonds. The van der Waals surface area contributed by atoms with Crippen LogP contribution in [0.2, 0.25) is 0 Å².